The Morgan fingerprint density at radius 2 is 1.86 bits per heavy atom. The van der Waals surface area contributed by atoms with Crippen LogP contribution < -0.4 is 9.47 Å². The molecule has 2 atom stereocenters. The van der Waals surface area contributed by atoms with Gasteiger partial charge in [0.05, 0.1) is 20.3 Å². The summed E-state index contributed by atoms with van der Waals surface area (Å²) in [4.78, 5) is 0. The molecule has 0 spiro atoms. The Balaban J connectivity index is 2.22. The fourth-order valence-corrected chi connectivity index (χ4v) is 3.07. The molecule has 0 amide bonds. The average Bonchev–Trinajstić information content (AvgIpc) is 2.79. The minimum absolute atomic E-state index is 0.389. The van der Waals surface area contributed by atoms with Crippen LogP contribution in [0.15, 0.2) is 42.5 Å². The van der Waals surface area contributed by atoms with E-state index in [1.807, 2.05) is 12.1 Å². The summed E-state index contributed by atoms with van der Waals surface area (Å²) in [5, 5.41) is 21.7. The van der Waals surface area contributed by atoms with E-state index < -0.39 is 11.7 Å². The zero-order chi connectivity index (χ0) is 15.0. The first-order valence-electron chi connectivity index (χ1n) is 6.82. The Bertz CT molecular complexity index is 668. The lowest BCUT2D eigenvalue weighted by Gasteiger charge is -2.29. The Hall–Kier alpha value is -2.04. The molecule has 0 saturated carbocycles. The summed E-state index contributed by atoms with van der Waals surface area (Å²) in [5.74, 6) is 1.21. The van der Waals surface area contributed by atoms with E-state index >= 15 is 0 Å². The van der Waals surface area contributed by atoms with Crippen molar-refractivity contribution in [1.29, 1.82) is 0 Å². The Kier molecular flexibility index (Phi) is 3.35. The molecule has 21 heavy (non-hydrogen) atoms. The molecule has 2 aromatic rings. The molecular weight excluding hydrogens is 268 g/mol. The Morgan fingerprint density at radius 1 is 1.10 bits per heavy atom. The van der Waals surface area contributed by atoms with E-state index in [9.17, 15) is 10.2 Å². The highest BCUT2D eigenvalue weighted by Crippen LogP contribution is 2.47. The molecule has 2 N–H and O–H groups in total. The lowest BCUT2D eigenvalue weighted by atomic mass is 9.85. The number of fused-ring (bicyclic) bond motifs is 1. The number of rotatable bonds is 3. The molecule has 110 valence electrons. The summed E-state index contributed by atoms with van der Waals surface area (Å²) in [6.45, 7) is 0. The van der Waals surface area contributed by atoms with Crippen molar-refractivity contribution in [2.75, 3.05) is 14.2 Å². The van der Waals surface area contributed by atoms with Crippen LogP contribution in [-0.2, 0) is 12.0 Å². The van der Waals surface area contributed by atoms with Gasteiger partial charge in [-0.05, 0) is 29.3 Å². The number of ether oxygens (including phenoxy) is 2. The zero-order valence-electron chi connectivity index (χ0n) is 12.0. The van der Waals surface area contributed by atoms with Gasteiger partial charge in [0.25, 0.3) is 0 Å². The molecule has 4 heteroatoms. The zero-order valence-corrected chi connectivity index (χ0v) is 12.0. The van der Waals surface area contributed by atoms with Crippen LogP contribution in [0.25, 0.3) is 0 Å². The van der Waals surface area contributed by atoms with Crippen LogP contribution in [-0.4, -0.2) is 30.5 Å². The van der Waals surface area contributed by atoms with Gasteiger partial charge >= 0.3 is 0 Å². The van der Waals surface area contributed by atoms with Crippen molar-refractivity contribution in [3.05, 3.63) is 59.2 Å². The molecule has 2 aromatic carbocycles. The first kappa shape index (κ1) is 13.9. The summed E-state index contributed by atoms with van der Waals surface area (Å²) in [5.41, 5.74) is 0.634. The molecule has 0 bridgehead atoms. The Morgan fingerprint density at radius 3 is 2.57 bits per heavy atom. The van der Waals surface area contributed by atoms with Gasteiger partial charge in [0.1, 0.15) is 17.1 Å². The van der Waals surface area contributed by atoms with Crippen LogP contribution in [0.5, 0.6) is 11.5 Å². The summed E-state index contributed by atoms with van der Waals surface area (Å²) < 4.78 is 10.6. The second-order valence-corrected chi connectivity index (χ2v) is 5.21. The highest BCUT2D eigenvalue weighted by Gasteiger charge is 2.48. The third-order valence-corrected chi connectivity index (χ3v) is 4.12. The van der Waals surface area contributed by atoms with Crippen LogP contribution in [0.1, 0.15) is 16.7 Å². The normalized spacial score (nSPS) is 23.7. The highest BCUT2D eigenvalue weighted by atomic mass is 16.5. The minimum Gasteiger partial charge on any atom is -0.497 e. The molecule has 0 radical (unpaired) electrons. The van der Waals surface area contributed by atoms with Gasteiger partial charge in [0, 0.05) is 12.0 Å². The number of hydrogen-bond donors (Lipinski definition) is 2. The van der Waals surface area contributed by atoms with E-state index in [4.69, 9.17) is 9.47 Å². The van der Waals surface area contributed by atoms with Crippen molar-refractivity contribution in [1.82, 2.24) is 0 Å². The maximum absolute atomic E-state index is 11.2. The van der Waals surface area contributed by atoms with Crippen molar-refractivity contribution in [3.63, 3.8) is 0 Å². The lowest BCUT2D eigenvalue weighted by molar-refractivity contribution is -0.0368. The number of hydrogen-bond acceptors (Lipinski definition) is 4. The van der Waals surface area contributed by atoms with Crippen LogP contribution >= 0.6 is 0 Å². The molecule has 3 rings (SSSR count). The maximum Gasteiger partial charge on any atom is 0.145 e. The van der Waals surface area contributed by atoms with Crippen molar-refractivity contribution in [3.8, 4) is 11.5 Å². The summed E-state index contributed by atoms with van der Waals surface area (Å²) in [6.07, 6.45) is -0.531. The first-order valence-corrected chi connectivity index (χ1v) is 6.82. The van der Waals surface area contributed by atoms with E-state index in [0.29, 0.717) is 29.0 Å². The largest absolute Gasteiger partial charge is 0.497 e. The van der Waals surface area contributed by atoms with E-state index in [0.717, 1.165) is 5.56 Å². The third kappa shape index (κ3) is 1.99. The second-order valence-electron chi connectivity index (χ2n) is 5.21. The minimum atomic E-state index is -1.49. The highest BCUT2D eigenvalue weighted by molar-refractivity contribution is 5.55. The quantitative estimate of drug-likeness (QED) is 0.904. The number of benzene rings is 2. The molecule has 1 aliphatic rings. The summed E-state index contributed by atoms with van der Waals surface area (Å²) in [7, 11) is 3.13. The Labute approximate surface area is 123 Å². The molecule has 0 fully saturated rings. The standard InChI is InChI=1S/C17H18O4/c1-20-13-7-4-6-12(10-13)17(19)15(18)9-11-5-3-8-14(21-2)16(11)17/h3-8,10,15,18-19H,9H2,1-2H3/t15-,17-/m1/s1. The fourth-order valence-electron chi connectivity index (χ4n) is 3.07. The number of methoxy groups -OCH3 is 2. The van der Waals surface area contributed by atoms with Crippen molar-refractivity contribution in [2.45, 2.75) is 18.1 Å². The predicted octanol–water partition coefficient (Wildman–Crippen LogP) is 1.86. The maximum atomic E-state index is 11.2. The van der Waals surface area contributed by atoms with Gasteiger partial charge in [-0.1, -0.05) is 24.3 Å². The summed E-state index contributed by atoms with van der Waals surface area (Å²) in [6, 6.07) is 12.7. The van der Waals surface area contributed by atoms with Crippen LogP contribution in [0.3, 0.4) is 0 Å². The van der Waals surface area contributed by atoms with Gasteiger partial charge in [0.2, 0.25) is 0 Å². The van der Waals surface area contributed by atoms with Gasteiger partial charge in [0.15, 0.2) is 0 Å². The number of aliphatic hydroxyl groups excluding tert-OH is 1. The monoisotopic (exact) mass is 286 g/mol. The molecular formula is C17H18O4. The third-order valence-electron chi connectivity index (χ3n) is 4.12. The average molecular weight is 286 g/mol. The SMILES string of the molecule is COc1cccc([C@]2(O)c3c(cccc3OC)C[C@H]2O)c1. The van der Waals surface area contributed by atoms with E-state index in [-0.39, 0.29) is 0 Å². The van der Waals surface area contributed by atoms with Gasteiger partial charge in [-0.3, -0.25) is 0 Å². The van der Waals surface area contributed by atoms with Crippen molar-refractivity contribution < 1.29 is 19.7 Å². The van der Waals surface area contributed by atoms with E-state index in [2.05, 4.69) is 0 Å². The molecule has 0 aliphatic heterocycles. The van der Waals surface area contributed by atoms with Gasteiger partial charge in [-0.2, -0.15) is 0 Å². The van der Waals surface area contributed by atoms with Crippen molar-refractivity contribution >= 4 is 0 Å². The predicted molar refractivity (Wildman–Crippen MR) is 78.7 cm³/mol. The molecule has 4 nitrogen and oxygen atoms in total. The molecule has 0 aromatic heterocycles. The lowest BCUT2D eigenvalue weighted by Crippen LogP contribution is -2.37. The molecule has 0 heterocycles. The van der Waals surface area contributed by atoms with Crippen LogP contribution in [0.2, 0.25) is 0 Å². The smallest absolute Gasteiger partial charge is 0.145 e. The topological polar surface area (TPSA) is 58.9 Å². The fraction of sp³-hybridized carbons (Fsp3) is 0.294. The molecule has 1 aliphatic carbocycles. The van der Waals surface area contributed by atoms with Crippen LogP contribution in [0.4, 0.5) is 0 Å². The van der Waals surface area contributed by atoms with Gasteiger partial charge < -0.3 is 19.7 Å². The van der Waals surface area contributed by atoms with Gasteiger partial charge in [-0.15, -0.1) is 0 Å². The summed E-state index contributed by atoms with van der Waals surface area (Å²) >= 11 is 0. The van der Waals surface area contributed by atoms with E-state index in [1.165, 1.54) is 0 Å². The number of aliphatic hydroxyl groups is 2. The van der Waals surface area contributed by atoms with Crippen molar-refractivity contribution in [2.24, 2.45) is 0 Å². The second kappa shape index (κ2) is 5.06. The molecule has 0 saturated heterocycles. The molecule has 0 unspecified atom stereocenters. The van der Waals surface area contributed by atoms with E-state index in [1.54, 1.807) is 44.6 Å². The first-order chi connectivity index (χ1) is 10.1. The van der Waals surface area contributed by atoms with Gasteiger partial charge in [-0.25, -0.2) is 0 Å². The van der Waals surface area contributed by atoms with Crippen LogP contribution in [0, 0.1) is 0 Å².